The molecule has 11 rings (SSSR count). The molecule has 0 aliphatic carbocycles. The first-order chi connectivity index (χ1) is 24.7. The number of nitrogens with zero attached hydrogens (tertiary/aromatic N) is 1. The fourth-order valence-corrected chi connectivity index (χ4v) is 10.2. The summed E-state index contributed by atoms with van der Waals surface area (Å²) in [6.45, 7) is 0. The number of para-hydroxylation sites is 2. The Morgan fingerprint density at radius 3 is 2.10 bits per heavy atom. The molecule has 2 aromatic heterocycles. The summed E-state index contributed by atoms with van der Waals surface area (Å²) < 4.78 is 11.6. The molecule has 0 bridgehead atoms. The lowest BCUT2D eigenvalue weighted by atomic mass is 10.00. The van der Waals surface area contributed by atoms with Crippen LogP contribution < -0.4 is 15.1 Å². The van der Waals surface area contributed by atoms with Gasteiger partial charge in [-0.05, 0) is 70.4 Å². The zero-order valence-electron chi connectivity index (χ0n) is 26.5. The van der Waals surface area contributed by atoms with Crippen LogP contribution >= 0.6 is 22.7 Å². The van der Waals surface area contributed by atoms with E-state index >= 15 is 0 Å². The van der Waals surface area contributed by atoms with E-state index in [2.05, 4.69) is 120 Å². The van der Waals surface area contributed by atoms with Crippen molar-refractivity contribution in [2.75, 3.05) is 4.90 Å². The van der Waals surface area contributed by atoms with Crippen LogP contribution in [0.2, 0.25) is 0 Å². The van der Waals surface area contributed by atoms with E-state index in [0.29, 0.717) is 0 Å². The van der Waals surface area contributed by atoms with Crippen LogP contribution in [0, 0.1) is 0 Å². The molecule has 1 aliphatic rings. The van der Waals surface area contributed by atoms with Crippen molar-refractivity contribution < 1.29 is 4.74 Å². The molecule has 0 saturated carbocycles. The number of fused-ring (bicyclic) bond motifs is 10. The molecule has 0 atom stereocenters. The maximum atomic E-state index is 13.5. The summed E-state index contributed by atoms with van der Waals surface area (Å²) in [6, 6.07) is 52.9. The largest absolute Gasteiger partial charge is 0.453 e. The topological polar surface area (TPSA) is 29.5 Å². The van der Waals surface area contributed by atoms with Gasteiger partial charge in [-0.15, -0.1) is 22.7 Å². The van der Waals surface area contributed by atoms with Gasteiger partial charge in [-0.2, -0.15) is 0 Å². The van der Waals surface area contributed by atoms with Crippen LogP contribution in [-0.2, 0) is 0 Å². The van der Waals surface area contributed by atoms with Gasteiger partial charge in [0.25, 0.3) is 0 Å². The third-order valence-electron chi connectivity index (χ3n) is 10.0. The van der Waals surface area contributed by atoms with Gasteiger partial charge in [0, 0.05) is 46.4 Å². The Labute approximate surface area is 294 Å². The van der Waals surface area contributed by atoms with Crippen molar-refractivity contribution >= 4 is 102 Å². The Morgan fingerprint density at radius 2 is 1.16 bits per heavy atom. The highest BCUT2D eigenvalue weighted by molar-refractivity contribution is 7.27. The van der Waals surface area contributed by atoms with Crippen LogP contribution in [-0.4, -0.2) is 0 Å². The summed E-state index contributed by atoms with van der Waals surface area (Å²) in [7, 11) is 0. The van der Waals surface area contributed by atoms with E-state index in [1.165, 1.54) is 40.3 Å². The SMILES string of the molecule is O=c1c2ccccc2ccc2cc(-c3cccc4c3sc3c(N5c6ccccc6Oc6cc7c(cc65)sc5ccccc57)cccc34)ccc12. The Hall–Kier alpha value is -6.01. The van der Waals surface area contributed by atoms with Gasteiger partial charge >= 0.3 is 0 Å². The Morgan fingerprint density at radius 1 is 0.440 bits per heavy atom. The predicted molar refractivity (Wildman–Crippen MR) is 214 cm³/mol. The summed E-state index contributed by atoms with van der Waals surface area (Å²) in [5.41, 5.74) is 5.51. The summed E-state index contributed by atoms with van der Waals surface area (Å²) in [5.74, 6) is 1.70. The number of rotatable bonds is 2. The molecule has 1 aliphatic heterocycles. The molecule has 8 aromatic carbocycles. The highest BCUT2D eigenvalue weighted by atomic mass is 32.1. The van der Waals surface area contributed by atoms with Crippen LogP contribution in [0.5, 0.6) is 11.5 Å². The molecule has 0 amide bonds. The second-order valence-electron chi connectivity index (χ2n) is 12.8. The maximum Gasteiger partial charge on any atom is 0.194 e. The quantitative estimate of drug-likeness (QED) is 0.183. The van der Waals surface area contributed by atoms with E-state index in [0.717, 1.165) is 61.2 Å². The zero-order valence-corrected chi connectivity index (χ0v) is 28.1. The number of benzene rings is 7. The second-order valence-corrected chi connectivity index (χ2v) is 14.9. The maximum absolute atomic E-state index is 13.5. The van der Waals surface area contributed by atoms with Crippen LogP contribution in [0.4, 0.5) is 17.1 Å². The molecule has 10 aromatic rings. The predicted octanol–water partition coefficient (Wildman–Crippen LogP) is 13.3. The third kappa shape index (κ3) is 3.99. The number of anilines is 3. The minimum absolute atomic E-state index is 0.0656. The van der Waals surface area contributed by atoms with Crippen molar-refractivity contribution in [2.24, 2.45) is 0 Å². The Bertz CT molecular complexity index is 3120. The van der Waals surface area contributed by atoms with Crippen molar-refractivity contribution in [1.82, 2.24) is 0 Å². The van der Waals surface area contributed by atoms with Crippen LogP contribution in [0.3, 0.4) is 0 Å². The van der Waals surface area contributed by atoms with Crippen LogP contribution in [0.15, 0.2) is 156 Å². The standard InChI is InChI=1S/C45H25NO2S2/c47-43-29-10-2-1-9-26(29)19-20-27-23-28(21-22-30(27)43)31-12-7-13-33-34-14-8-16-37(45(34)50-44(31)33)46-36-15-4-5-17-39(36)48-40-24-35-32-11-3-6-18-41(32)49-42(35)25-38(40)46/h1-25H. The van der Waals surface area contributed by atoms with E-state index in [4.69, 9.17) is 4.74 Å². The lowest BCUT2D eigenvalue weighted by Gasteiger charge is -2.33. The molecule has 0 N–H and O–H groups in total. The summed E-state index contributed by atoms with van der Waals surface area (Å²) in [4.78, 5) is 15.9. The number of hydrogen-bond acceptors (Lipinski definition) is 5. The molecule has 0 fully saturated rings. The van der Waals surface area contributed by atoms with Gasteiger partial charge in [0.1, 0.15) is 0 Å². The first-order valence-electron chi connectivity index (χ1n) is 16.6. The average Bonchev–Trinajstić information content (AvgIpc) is 3.69. The first-order valence-corrected chi connectivity index (χ1v) is 18.3. The fourth-order valence-electron chi connectivity index (χ4n) is 7.69. The molecule has 0 unspecified atom stereocenters. The smallest absolute Gasteiger partial charge is 0.194 e. The van der Waals surface area contributed by atoms with Gasteiger partial charge in [-0.1, -0.05) is 103 Å². The van der Waals surface area contributed by atoms with Crippen molar-refractivity contribution in [2.45, 2.75) is 0 Å². The highest BCUT2D eigenvalue weighted by Crippen LogP contribution is 2.55. The molecule has 0 spiro atoms. The fraction of sp³-hybridized carbons (Fsp3) is 0. The number of ether oxygens (including phenoxy) is 1. The molecule has 5 heteroatoms. The molecule has 3 heterocycles. The molecule has 0 saturated heterocycles. The number of hydrogen-bond donors (Lipinski definition) is 0. The lowest BCUT2D eigenvalue weighted by Crippen LogP contribution is -2.15. The third-order valence-corrected chi connectivity index (χ3v) is 12.4. The lowest BCUT2D eigenvalue weighted by molar-refractivity contribution is 0.478. The van der Waals surface area contributed by atoms with Gasteiger partial charge in [0.15, 0.2) is 16.9 Å². The van der Waals surface area contributed by atoms with E-state index in [-0.39, 0.29) is 5.43 Å². The Kier molecular flexibility index (Phi) is 5.85. The Balaban J connectivity index is 1.14. The summed E-state index contributed by atoms with van der Waals surface area (Å²) >= 11 is 3.65. The zero-order chi connectivity index (χ0) is 32.9. The minimum atomic E-state index is 0.0656. The van der Waals surface area contributed by atoms with Gasteiger partial charge in [0.2, 0.25) is 0 Å². The van der Waals surface area contributed by atoms with Crippen LogP contribution in [0.1, 0.15) is 0 Å². The molecular weight excluding hydrogens is 651 g/mol. The van der Waals surface area contributed by atoms with Gasteiger partial charge in [-0.25, -0.2) is 0 Å². The van der Waals surface area contributed by atoms with Crippen molar-refractivity contribution in [1.29, 1.82) is 0 Å². The van der Waals surface area contributed by atoms with Crippen LogP contribution in [0.25, 0.3) is 73.0 Å². The van der Waals surface area contributed by atoms with E-state index in [1.807, 2.05) is 59.1 Å². The van der Waals surface area contributed by atoms with E-state index in [1.54, 1.807) is 0 Å². The summed E-state index contributed by atoms with van der Waals surface area (Å²) in [6.07, 6.45) is 0. The highest BCUT2D eigenvalue weighted by Gasteiger charge is 2.29. The van der Waals surface area contributed by atoms with Gasteiger partial charge in [-0.3, -0.25) is 4.79 Å². The van der Waals surface area contributed by atoms with Gasteiger partial charge in [0.05, 0.1) is 21.8 Å². The average molecular weight is 676 g/mol. The molecule has 50 heavy (non-hydrogen) atoms. The van der Waals surface area contributed by atoms with E-state index in [9.17, 15) is 4.79 Å². The minimum Gasteiger partial charge on any atom is -0.453 e. The van der Waals surface area contributed by atoms with E-state index < -0.39 is 0 Å². The van der Waals surface area contributed by atoms with Crippen molar-refractivity contribution in [3.8, 4) is 22.6 Å². The second kappa shape index (κ2) is 10.5. The van der Waals surface area contributed by atoms with Gasteiger partial charge < -0.3 is 9.64 Å². The molecule has 234 valence electrons. The van der Waals surface area contributed by atoms with Crippen molar-refractivity contribution in [3.05, 3.63) is 162 Å². The number of thiophene rings is 2. The molecular formula is C45H25NO2S2. The van der Waals surface area contributed by atoms with Crippen molar-refractivity contribution in [3.63, 3.8) is 0 Å². The normalized spacial score (nSPS) is 12.6. The monoisotopic (exact) mass is 675 g/mol. The molecule has 0 radical (unpaired) electrons. The first kappa shape index (κ1) is 27.9. The summed E-state index contributed by atoms with van der Waals surface area (Å²) in [5, 5.41) is 8.29. The molecule has 3 nitrogen and oxygen atoms in total.